The number of rotatable bonds is 7. The minimum absolute atomic E-state index is 0.0922. The van der Waals surface area contributed by atoms with Crippen LogP contribution < -0.4 is 15.8 Å². The number of benzene rings is 2. The van der Waals surface area contributed by atoms with E-state index in [9.17, 15) is 19.1 Å². The summed E-state index contributed by atoms with van der Waals surface area (Å²) in [4.78, 5) is 28.0. The van der Waals surface area contributed by atoms with Crippen LogP contribution in [0.1, 0.15) is 21.5 Å². The molecule has 2 aromatic carbocycles. The fraction of sp³-hybridized carbons (Fsp3) is 0.125. The van der Waals surface area contributed by atoms with Crippen molar-refractivity contribution in [2.75, 3.05) is 11.9 Å². The number of pyridine rings is 1. The van der Waals surface area contributed by atoms with Crippen molar-refractivity contribution in [1.29, 1.82) is 0 Å². The van der Waals surface area contributed by atoms with Gasteiger partial charge in [0.05, 0.1) is 11.1 Å². The molecule has 0 aliphatic carbocycles. The first-order valence-corrected chi connectivity index (χ1v) is 10.0. The number of anilines is 2. The van der Waals surface area contributed by atoms with Gasteiger partial charge in [0.25, 0.3) is 5.91 Å². The van der Waals surface area contributed by atoms with E-state index in [-0.39, 0.29) is 22.6 Å². The monoisotopic (exact) mass is 448 g/mol. The lowest BCUT2D eigenvalue weighted by molar-refractivity contribution is -0.119. The third-order valence-corrected chi connectivity index (χ3v) is 5.17. The van der Waals surface area contributed by atoms with Gasteiger partial charge in [0, 0.05) is 11.9 Å². The van der Waals surface area contributed by atoms with Crippen molar-refractivity contribution in [2.45, 2.75) is 13.8 Å². The van der Waals surface area contributed by atoms with Crippen molar-refractivity contribution in [1.82, 2.24) is 9.38 Å². The number of carboxylic acids is 1. The normalized spacial score (nSPS) is 10.9. The van der Waals surface area contributed by atoms with E-state index in [1.54, 1.807) is 0 Å². The lowest BCUT2D eigenvalue weighted by Gasteiger charge is -2.16. The van der Waals surface area contributed by atoms with E-state index in [1.807, 2.05) is 32.0 Å². The molecule has 4 N–H and O–H groups in total. The van der Waals surface area contributed by atoms with Crippen molar-refractivity contribution in [3.05, 3.63) is 77.2 Å². The predicted molar refractivity (Wildman–Crippen MR) is 121 cm³/mol. The number of nitrogens with two attached hydrogens (primary N) is 1. The number of ether oxygens (including phenoxy) is 1. The average molecular weight is 448 g/mol. The average Bonchev–Trinajstić information content (AvgIpc) is 3.11. The number of carbonyl (C=O) groups excluding carboxylic acids is 1. The molecular weight excluding hydrogens is 427 g/mol. The van der Waals surface area contributed by atoms with Crippen LogP contribution in [0.25, 0.3) is 16.9 Å². The summed E-state index contributed by atoms with van der Waals surface area (Å²) in [7, 11) is 0. The lowest BCUT2D eigenvalue weighted by Crippen LogP contribution is -2.20. The molecule has 0 saturated carbocycles. The van der Waals surface area contributed by atoms with Crippen molar-refractivity contribution >= 4 is 29.0 Å². The van der Waals surface area contributed by atoms with Crippen LogP contribution >= 0.6 is 0 Å². The minimum atomic E-state index is -1.21. The molecule has 168 valence electrons. The summed E-state index contributed by atoms with van der Waals surface area (Å²) >= 11 is 0. The van der Waals surface area contributed by atoms with Crippen LogP contribution in [0.15, 0.2) is 54.7 Å². The Morgan fingerprint density at radius 1 is 1.12 bits per heavy atom. The van der Waals surface area contributed by atoms with Crippen LogP contribution in [-0.2, 0) is 4.79 Å². The maximum absolute atomic E-state index is 14.2. The maximum atomic E-state index is 14.2. The van der Waals surface area contributed by atoms with Gasteiger partial charge in [-0.15, -0.1) is 0 Å². The zero-order chi connectivity index (χ0) is 23.7. The number of halogens is 1. The van der Waals surface area contributed by atoms with Gasteiger partial charge in [0.15, 0.2) is 6.61 Å². The number of aryl methyl sites for hydroxylation is 2. The van der Waals surface area contributed by atoms with Gasteiger partial charge in [-0.25, -0.2) is 14.2 Å². The second-order valence-electron chi connectivity index (χ2n) is 7.52. The molecular formula is C24H21FN4O4. The molecule has 0 saturated heterocycles. The summed E-state index contributed by atoms with van der Waals surface area (Å²) in [5.74, 6) is -1.96. The number of nitrogens with one attached hydrogen (secondary N) is 1. The molecule has 0 unspecified atom stereocenters. The molecule has 2 aromatic heterocycles. The van der Waals surface area contributed by atoms with Gasteiger partial charge in [0.1, 0.15) is 28.7 Å². The van der Waals surface area contributed by atoms with Gasteiger partial charge < -0.3 is 20.9 Å². The van der Waals surface area contributed by atoms with Gasteiger partial charge in [0.2, 0.25) is 0 Å². The highest BCUT2D eigenvalue weighted by molar-refractivity contribution is 6.00. The number of para-hydroxylation sites is 1. The number of amides is 1. The summed E-state index contributed by atoms with van der Waals surface area (Å²) in [5.41, 5.74) is 8.52. The Labute approximate surface area is 188 Å². The molecule has 0 fully saturated rings. The Bertz CT molecular complexity index is 1380. The lowest BCUT2D eigenvalue weighted by atomic mass is 10.0. The zero-order valence-corrected chi connectivity index (χ0v) is 17.9. The number of hydrogen-bond donors (Lipinski definition) is 3. The second kappa shape index (κ2) is 8.62. The first-order valence-electron chi connectivity index (χ1n) is 10.0. The summed E-state index contributed by atoms with van der Waals surface area (Å²) in [5, 5.41) is 13.2. The molecule has 0 aliphatic heterocycles. The van der Waals surface area contributed by atoms with E-state index < -0.39 is 24.3 Å². The topological polar surface area (TPSA) is 119 Å². The number of hydrogen-bond acceptors (Lipinski definition) is 5. The summed E-state index contributed by atoms with van der Waals surface area (Å²) in [6.45, 7) is 3.40. The number of imidazole rings is 1. The van der Waals surface area contributed by atoms with E-state index in [0.717, 1.165) is 16.8 Å². The molecule has 0 radical (unpaired) electrons. The van der Waals surface area contributed by atoms with E-state index >= 15 is 0 Å². The summed E-state index contributed by atoms with van der Waals surface area (Å²) in [6, 6.07) is 12.9. The van der Waals surface area contributed by atoms with E-state index in [1.165, 1.54) is 40.9 Å². The summed E-state index contributed by atoms with van der Waals surface area (Å²) < 4.78 is 21.2. The third kappa shape index (κ3) is 4.20. The van der Waals surface area contributed by atoms with Crippen LogP contribution in [0.4, 0.5) is 15.9 Å². The van der Waals surface area contributed by atoms with Gasteiger partial charge in [-0.2, -0.15) is 0 Å². The molecule has 8 nitrogen and oxygen atoms in total. The van der Waals surface area contributed by atoms with E-state index in [2.05, 4.69) is 10.3 Å². The standard InChI is InChI=1S/C24H21FN4O4/c1-13-5-3-6-14(2)21(13)28-23-22(27-19-10-9-15(25)11-29(19)23)20-16(24(31)32)7-4-8-17(20)33-12-18(26)30/h3-11,28H,12H2,1-2H3,(H2,26,30)(H,31,32). The largest absolute Gasteiger partial charge is 0.483 e. The first kappa shape index (κ1) is 21.8. The van der Waals surface area contributed by atoms with Crippen LogP contribution in [0.3, 0.4) is 0 Å². The quantitative estimate of drug-likeness (QED) is 0.392. The van der Waals surface area contributed by atoms with E-state index in [0.29, 0.717) is 11.5 Å². The fourth-order valence-electron chi connectivity index (χ4n) is 3.67. The predicted octanol–water partition coefficient (Wildman–Crippen LogP) is 4.06. The Kier molecular flexibility index (Phi) is 5.70. The molecule has 1 amide bonds. The maximum Gasteiger partial charge on any atom is 0.336 e. The van der Waals surface area contributed by atoms with Gasteiger partial charge >= 0.3 is 5.97 Å². The van der Waals surface area contributed by atoms with Gasteiger partial charge in [-0.3, -0.25) is 9.20 Å². The van der Waals surface area contributed by atoms with Crippen LogP contribution in [0.2, 0.25) is 0 Å². The minimum Gasteiger partial charge on any atom is -0.483 e. The van der Waals surface area contributed by atoms with Crippen molar-refractivity contribution in [3.8, 4) is 17.0 Å². The number of carbonyl (C=O) groups is 2. The number of primary amides is 1. The van der Waals surface area contributed by atoms with Crippen molar-refractivity contribution in [3.63, 3.8) is 0 Å². The molecule has 4 rings (SSSR count). The first-order chi connectivity index (χ1) is 15.8. The van der Waals surface area contributed by atoms with Crippen molar-refractivity contribution in [2.24, 2.45) is 5.73 Å². The third-order valence-electron chi connectivity index (χ3n) is 5.17. The molecule has 2 heterocycles. The molecule has 0 aliphatic rings. The SMILES string of the molecule is Cc1cccc(C)c1Nc1c(-c2c(OCC(N)=O)cccc2C(=O)O)nc2ccc(F)cn12. The highest BCUT2D eigenvalue weighted by Crippen LogP contribution is 2.40. The Morgan fingerprint density at radius 2 is 1.82 bits per heavy atom. The van der Waals surface area contributed by atoms with E-state index in [4.69, 9.17) is 10.5 Å². The number of carboxylic acid groups (broad SMARTS) is 1. The molecule has 9 heteroatoms. The second-order valence-corrected chi connectivity index (χ2v) is 7.52. The van der Waals surface area contributed by atoms with Crippen LogP contribution in [0.5, 0.6) is 5.75 Å². The molecule has 0 atom stereocenters. The van der Waals surface area contributed by atoms with Gasteiger partial charge in [-0.05, 0) is 49.2 Å². The number of fused-ring (bicyclic) bond motifs is 1. The smallest absolute Gasteiger partial charge is 0.336 e. The van der Waals surface area contributed by atoms with Gasteiger partial charge in [-0.1, -0.05) is 24.3 Å². The Balaban J connectivity index is 2.02. The Morgan fingerprint density at radius 3 is 2.48 bits per heavy atom. The van der Waals surface area contributed by atoms with Crippen molar-refractivity contribution < 1.29 is 23.8 Å². The Hall–Kier alpha value is -4.40. The molecule has 0 spiro atoms. The number of aromatic nitrogens is 2. The number of nitrogens with zero attached hydrogens (tertiary/aromatic N) is 2. The number of aromatic carboxylic acids is 1. The highest BCUT2D eigenvalue weighted by atomic mass is 19.1. The van der Waals surface area contributed by atoms with Crippen LogP contribution in [0, 0.1) is 19.7 Å². The zero-order valence-electron chi connectivity index (χ0n) is 17.9. The molecule has 4 aromatic rings. The summed E-state index contributed by atoms with van der Waals surface area (Å²) in [6.07, 6.45) is 1.26. The highest BCUT2D eigenvalue weighted by Gasteiger charge is 2.25. The molecule has 33 heavy (non-hydrogen) atoms. The molecule has 0 bridgehead atoms. The fourth-order valence-corrected chi connectivity index (χ4v) is 3.67. The van der Waals surface area contributed by atoms with Crippen LogP contribution in [-0.4, -0.2) is 33.0 Å².